The molecule has 0 bridgehead atoms. The van der Waals surface area contributed by atoms with Crippen LogP contribution >= 0.6 is 0 Å². The number of aromatic nitrogens is 3. The van der Waals surface area contributed by atoms with Crippen LogP contribution in [0.1, 0.15) is 35.2 Å². The fourth-order valence-corrected chi connectivity index (χ4v) is 2.74. The molecule has 0 unspecified atom stereocenters. The van der Waals surface area contributed by atoms with E-state index in [0.717, 1.165) is 31.5 Å². The van der Waals surface area contributed by atoms with E-state index in [1.807, 2.05) is 36.5 Å². The SMILES string of the molecule is Cn1cc(CNc2ncccc2C(=O)N2CCCCC2)cn1. The molecule has 1 aliphatic heterocycles. The Hall–Kier alpha value is -2.37. The van der Waals surface area contributed by atoms with E-state index in [0.29, 0.717) is 17.9 Å². The van der Waals surface area contributed by atoms with Gasteiger partial charge in [-0.2, -0.15) is 5.10 Å². The first-order valence-electron chi connectivity index (χ1n) is 7.70. The van der Waals surface area contributed by atoms with Crippen LogP contribution in [0.3, 0.4) is 0 Å². The molecule has 1 aliphatic rings. The number of aryl methyl sites for hydroxylation is 1. The lowest BCUT2D eigenvalue weighted by Crippen LogP contribution is -2.36. The molecule has 6 heteroatoms. The van der Waals surface area contributed by atoms with Crippen molar-refractivity contribution < 1.29 is 4.79 Å². The zero-order valence-corrected chi connectivity index (χ0v) is 12.8. The Morgan fingerprint density at radius 1 is 1.32 bits per heavy atom. The number of carbonyl (C=O) groups excluding carboxylic acids is 1. The average Bonchev–Trinajstić information content (AvgIpc) is 2.99. The van der Waals surface area contributed by atoms with Crippen LogP contribution < -0.4 is 5.32 Å². The van der Waals surface area contributed by atoms with Crippen LogP contribution in [0.4, 0.5) is 5.82 Å². The number of amides is 1. The summed E-state index contributed by atoms with van der Waals surface area (Å²) in [5.74, 6) is 0.711. The maximum Gasteiger partial charge on any atom is 0.257 e. The van der Waals surface area contributed by atoms with Gasteiger partial charge in [-0.05, 0) is 31.4 Å². The molecule has 1 amide bonds. The summed E-state index contributed by atoms with van der Waals surface area (Å²) in [4.78, 5) is 18.9. The average molecular weight is 299 g/mol. The molecule has 6 nitrogen and oxygen atoms in total. The summed E-state index contributed by atoms with van der Waals surface area (Å²) in [6.07, 6.45) is 8.85. The predicted molar refractivity (Wildman–Crippen MR) is 84.5 cm³/mol. The molecule has 0 radical (unpaired) electrons. The summed E-state index contributed by atoms with van der Waals surface area (Å²) in [5.41, 5.74) is 1.71. The van der Waals surface area contributed by atoms with Gasteiger partial charge in [0.15, 0.2) is 0 Å². The lowest BCUT2D eigenvalue weighted by Gasteiger charge is -2.27. The number of hydrogen-bond acceptors (Lipinski definition) is 4. The molecule has 116 valence electrons. The highest BCUT2D eigenvalue weighted by molar-refractivity contribution is 5.98. The topological polar surface area (TPSA) is 63.1 Å². The van der Waals surface area contributed by atoms with Crippen molar-refractivity contribution in [3.05, 3.63) is 41.9 Å². The lowest BCUT2D eigenvalue weighted by atomic mass is 10.1. The fraction of sp³-hybridized carbons (Fsp3) is 0.438. The third-order valence-corrected chi connectivity index (χ3v) is 3.90. The molecule has 0 spiro atoms. The highest BCUT2D eigenvalue weighted by atomic mass is 16.2. The molecule has 1 N–H and O–H groups in total. The first-order chi connectivity index (χ1) is 10.7. The van der Waals surface area contributed by atoms with Crippen molar-refractivity contribution in [2.24, 2.45) is 7.05 Å². The van der Waals surface area contributed by atoms with Gasteiger partial charge in [0.05, 0.1) is 11.8 Å². The van der Waals surface area contributed by atoms with E-state index >= 15 is 0 Å². The van der Waals surface area contributed by atoms with Gasteiger partial charge in [-0.1, -0.05) is 0 Å². The molecule has 22 heavy (non-hydrogen) atoms. The van der Waals surface area contributed by atoms with Gasteiger partial charge in [0.25, 0.3) is 5.91 Å². The summed E-state index contributed by atoms with van der Waals surface area (Å²) >= 11 is 0. The number of hydrogen-bond donors (Lipinski definition) is 1. The molecule has 3 heterocycles. The summed E-state index contributed by atoms with van der Waals surface area (Å²) < 4.78 is 1.76. The minimum atomic E-state index is 0.0708. The van der Waals surface area contributed by atoms with Crippen molar-refractivity contribution in [3.8, 4) is 0 Å². The Labute approximate surface area is 130 Å². The fourth-order valence-electron chi connectivity index (χ4n) is 2.74. The third kappa shape index (κ3) is 3.27. The van der Waals surface area contributed by atoms with E-state index in [2.05, 4.69) is 15.4 Å². The molecule has 2 aromatic rings. The summed E-state index contributed by atoms with van der Waals surface area (Å²) in [6, 6.07) is 3.65. The van der Waals surface area contributed by atoms with Crippen molar-refractivity contribution >= 4 is 11.7 Å². The highest BCUT2D eigenvalue weighted by Crippen LogP contribution is 2.18. The first kappa shape index (κ1) is 14.6. The van der Waals surface area contributed by atoms with Crippen LogP contribution in [-0.2, 0) is 13.6 Å². The summed E-state index contributed by atoms with van der Waals surface area (Å²) in [5, 5.41) is 7.39. The number of piperidine rings is 1. The van der Waals surface area contributed by atoms with Crippen molar-refractivity contribution in [1.82, 2.24) is 19.7 Å². The Kier molecular flexibility index (Phi) is 4.37. The molecule has 0 atom stereocenters. The van der Waals surface area contributed by atoms with Crippen molar-refractivity contribution in [1.29, 1.82) is 0 Å². The van der Waals surface area contributed by atoms with Gasteiger partial charge in [-0.3, -0.25) is 9.48 Å². The van der Waals surface area contributed by atoms with Crippen LogP contribution in [0.2, 0.25) is 0 Å². The smallest absolute Gasteiger partial charge is 0.257 e. The second-order valence-corrected chi connectivity index (χ2v) is 5.63. The minimum Gasteiger partial charge on any atom is -0.365 e. The number of nitrogens with zero attached hydrogens (tertiary/aromatic N) is 4. The lowest BCUT2D eigenvalue weighted by molar-refractivity contribution is 0.0725. The number of nitrogens with one attached hydrogen (secondary N) is 1. The molecule has 1 saturated heterocycles. The zero-order chi connectivity index (χ0) is 15.4. The van der Waals surface area contributed by atoms with Gasteiger partial charge >= 0.3 is 0 Å². The first-order valence-corrected chi connectivity index (χ1v) is 7.70. The zero-order valence-electron chi connectivity index (χ0n) is 12.8. The van der Waals surface area contributed by atoms with Gasteiger partial charge in [0, 0.05) is 44.6 Å². The van der Waals surface area contributed by atoms with Gasteiger partial charge in [-0.15, -0.1) is 0 Å². The Balaban J connectivity index is 1.72. The summed E-state index contributed by atoms with van der Waals surface area (Å²) in [6.45, 7) is 2.29. The third-order valence-electron chi connectivity index (χ3n) is 3.90. The van der Waals surface area contributed by atoms with Gasteiger partial charge in [-0.25, -0.2) is 4.98 Å². The van der Waals surface area contributed by atoms with Gasteiger partial charge < -0.3 is 10.2 Å². The van der Waals surface area contributed by atoms with Crippen LogP contribution in [0.15, 0.2) is 30.7 Å². The van der Waals surface area contributed by atoms with E-state index in [9.17, 15) is 4.79 Å². The van der Waals surface area contributed by atoms with Crippen molar-refractivity contribution in [2.45, 2.75) is 25.8 Å². The number of rotatable bonds is 4. The minimum absolute atomic E-state index is 0.0708. The maximum atomic E-state index is 12.7. The molecule has 1 fully saturated rings. The molecular formula is C16H21N5O. The quantitative estimate of drug-likeness (QED) is 0.938. The van der Waals surface area contributed by atoms with Crippen LogP contribution in [-0.4, -0.2) is 38.7 Å². The predicted octanol–water partition coefficient (Wildman–Crippen LogP) is 2.05. The molecule has 0 aromatic carbocycles. The monoisotopic (exact) mass is 299 g/mol. The standard InChI is InChI=1S/C16H21N5O/c1-20-12-13(11-19-20)10-18-15-14(6-5-7-17-15)16(22)21-8-3-2-4-9-21/h5-7,11-12H,2-4,8-10H2,1H3,(H,17,18). The number of likely N-dealkylation sites (tertiary alicyclic amines) is 1. The Bertz CT molecular complexity index is 645. The maximum absolute atomic E-state index is 12.7. The molecule has 0 aliphatic carbocycles. The van der Waals surface area contributed by atoms with E-state index in [1.165, 1.54) is 6.42 Å². The van der Waals surface area contributed by atoms with E-state index < -0.39 is 0 Å². The Morgan fingerprint density at radius 3 is 2.86 bits per heavy atom. The van der Waals surface area contributed by atoms with Crippen LogP contribution in [0, 0.1) is 0 Å². The number of anilines is 1. The summed E-state index contributed by atoms with van der Waals surface area (Å²) in [7, 11) is 1.88. The van der Waals surface area contributed by atoms with Crippen molar-refractivity contribution in [3.63, 3.8) is 0 Å². The highest BCUT2D eigenvalue weighted by Gasteiger charge is 2.21. The van der Waals surface area contributed by atoms with Crippen LogP contribution in [0.25, 0.3) is 0 Å². The van der Waals surface area contributed by atoms with E-state index in [-0.39, 0.29) is 5.91 Å². The molecule has 0 saturated carbocycles. The molecule has 3 rings (SSSR count). The largest absolute Gasteiger partial charge is 0.365 e. The van der Waals surface area contributed by atoms with E-state index in [1.54, 1.807) is 10.9 Å². The molecule has 2 aromatic heterocycles. The second kappa shape index (κ2) is 6.60. The number of pyridine rings is 1. The van der Waals surface area contributed by atoms with E-state index in [4.69, 9.17) is 0 Å². The number of carbonyl (C=O) groups is 1. The van der Waals surface area contributed by atoms with Crippen LogP contribution in [0.5, 0.6) is 0 Å². The van der Waals surface area contributed by atoms with Gasteiger partial charge in [0.1, 0.15) is 5.82 Å². The van der Waals surface area contributed by atoms with Gasteiger partial charge in [0.2, 0.25) is 0 Å². The Morgan fingerprint density at radius 2 is 2.14 bits per heavy atom. The second-order valence-electron chi connectivity index (χ2n) is 5.63. The van der Waals surface area contributed by atoms with Crippen molar-refractivity contribution in [2.75, 3.05) is 18.4 Å². The molecular weight excluding hydrogens is 278 g/mol. The normalized spacial score (nSPS) is 14.9.